The van der Waals surface area contributed by atoms with E-state index in [1.807, 2.05) is 11.8 Å². The molecule has 136 valence electrons. The lowest BCUT2D eigenvalue weighted by molar-refractivity contribution is -0.0140. The Morgan fingerprint density at radius 1 is 1.00 bits per heavy atom. The highest BCUT2D eigenvalue weighted by Crippen LogP contribution is 2.50. The third-order valence-electron chi connectivity index (χ3n) is 6.97. The summed E-state index contributed by atoms with van der Waals surface area (Å²) in [6, 6.07) is 1.62. The van der Waals surface area contributed by atoms with Crippen molar-refractivity contribution in [2.75, 3.05) is 45.9 Å². The van der Waals surface area contributed by atoms with Crippen LogP contribution in [0.3, 0.4) is 0 Å². The number of hydrogen-bond donors (Lipinski definition) is 0. The van der Waals surface area contributed by atoms with Crippen LogP contribution in [-0.2, 0) is 4.74 Å². The summed E-state index contributed by atoms with van der Waals surface area (Å²) in [4.78, 5) is 19.3. The number of carbonyl (C=O) groups excluding carboxylic acids is 1. The summed E-state index contributed by atoms with van der Waals surface area (Å²) in [7, 11) is 0. The molecule has 1 spiro atoms. The normalized spacial score (nSPS) is 35.5. The fourth-order valence-corrected chi connectivity index (χ4v) is 5.56. The molecule has 1 aliphatic carbocycles. The van der Waals surface area contributed by atoms with Gasteiger partial charge in [-0.3, -0.25) is 0 Å². The van der Waals surface area contributed by atoms with Crippen LogP contribution >= 0.6 is 0 Å². The Bertz CT molecular complexity index is 450. The van der Waals surface area contributed by atoms with Crippen molar-refractivity contribution in [3.8, 4) is 0 Å². The zero-order valence-corrected chi connectivity index (χ0v) is 15.2. The summed E-state index contributed by atoms with van der Waals surface area (Å²) in [5.74, 6) is 0. The Balaban J connectivity index is 1.22. The lowest BCUT2D eigenvalue weighted by atomic mass is 9.64. The molecule has 0 radical (unpaired) electrons. The fourth-order valence-electron chi connectivity index (χ4n) is 5.56. The highest BCUT2D eigenvalue weighted by Gasteiger charge is 2.51. The molecule has 24 heavy (non-hydrogen) atoms. The number of rotatable bonds is 3. The minimum absolute atomic E-state index is 0.107. The molecule has 4 rings (SSSR count). The lowest BCUT2D eigenvalue weighted by Crippen LogP contribution is -2.55. The number of piperidine rings is 1. The van der Waals surface area contributed by atoms with E-state index in [-0.39, 0.29) is 6.09 Å². The summed E-state index contributed by atoms with van der Waals surface area (Å²) >= 11 is 0. The molecule has 5 heteroatoms. The largest absolute Gasteiger partial charge is 0.450 e. The van der Waals surface area contributed by atoms with Crippen molar-refractivity contribution >= 4 is 6.09 Å². The number of ether oxygens (including phenoxy) is 1. The van der Waals surface area contributed by atoms with Crippen molar-refractivity contribution in [1.29, 1.82) is 0 Å². The first kappa shape index (κ1) is 16.6. The van der Waals surface area contributed by atoms with Gasteiger partial charge in [-0.2, -0.15) is 0 Å². The van der Waals surface area contributed by atoms with E-state index in [9.17, 15) is 4.79 Å². The Labute approximate surface area is 146 Å². The predicted molar refractivity (Wildman–Crippen MR) is 94.1 cm³/mol. The molecule has 4 aliphatic rings. The summed E-state index contributed by atoms with van der Waals surface area (Å²) in [5.41, 5.74) is 0.406. The molecule has 0 N–H and O–H groups in total. The quantitative estimate of drug-likeness (QED) is 0.794. The standard InChI is InChI=1S/C19H33N3O2/c1-2-24-18(23)22-12-7-19(15-22)13-17(14-19)21-10-5-16(6-11-21)20-8-3-4-9-20/h16-17H,2-15H2,1H3. The van der Waals surface area contributed by atoms with Gasteiger partial charge in [0.2, 0.25) is 0 Å². The van der Waals surface area contributed by atoms with Crippen LogP contribution < -0.4 is 0 Å². The molecular formula is C19H33N3O2. The minimum atomic E-state index is -0.107. The number of hydrogen-bond acceptors (Lipinski definition) is 4. The molecule has 0 unspecified atom stereocenters. The Morgan fingerprint density at radius 3 is 2.33 bits per heavy atom. The van der Waals surface area contributed by atoms with E-state index in [0.717, 1.165) is 25.2 Å². The van der Waals surface area contributed by atoms with E-state index in [1.54, 1.807) is 0 Å². The van der Waals surface area contributed by atoms with Gasteiger partial charge in [-0.05, 0) is 83.5 Å². The van der Waals surface area contributed by atoms with Crippen LogP contribution in [0.4, 0.5) is 4.79 Å². The van der Waals surface area contributed by atoms with Gasteiger partial charge < -0.3 is 19.4 Å². The van der Waals surface area contributed by atoms with Crippen LogP contribution in [0.1, 0.15) is 51.9 Å². The van der Waals surface area contributed by atoms with Gasteiger partial charge in [0, 0.05) is 25.2 Å². The zero-order chi connectivity index (χ0) is 16.6. The van der Waals surface area contributed by atoms with E-state index < -0.39 is 0 Å². The van der Waals surface area contributed by atoms with Crippen LogP contribution in [0, 0.1) is 5.41 Å². The van der Waals surface area contributed by atoms with E-state index in [1.165, 1.54) is 71.1 Å². The number of carbonyl (C=O) groups is 1. The van der Waals surface area contributed by atoms with E-state index in [0.29, 0.717) is 12.0 Å². The van der Waals surface area contributed by atoms with Crippen LogP contribution in [0.15, 0.2) is 0 Å². The molecule has 3 heterocycles. The van der Waals surface area contributed by atoms with Gasteiger partial charge in [-0.15, -0.1) is 0 Å². The Hall–Kier alpha value is -0.810. The Morgan fingerprint density at radius 2 is 1.67 bits per heavy atom. The number of amides is 1. The van der Waals surface area contributed by atoms with Gasteiger partial charge in [0.15, 0.2) is 0 Å². The van der Waals surface area contributed by atoms with Gasteiger partial charge in [0.05, 0.1) is 6.61 Å². The van der Waals surface area contributed by atoms with Gasteiger partial charge in [-0.1, -0.05) is 0 Å². The van der Waals surface area contributed by atoms with Gasteiger partial charge >= 0.3 is 6.09 Å². The van der Waals surface area contributed by atoms with Crippen LogP contribution in [-0.4, -0.2) is 78.8 Å². The molecule has 1 saturated carbocycles. The summed E-state index contributed by atoms with van der Waals surface area (Å²) in [6.07, 6.45) is 9.17. The second-order valence-electron chi connectivity index (χ2n) is 8.44. The summed E-state index contributed by atoms with van der Waals surface area (Å²) < 4.78 is 5.16. The van der Waals surface area contributed by atoms with Gasteiger partial charge in [0.25, 0.3) is 0 Å². The number of likely N-dealkylation sites (tertiary alicyclic amines) is 3. The molecular weight excluding hydrogens is 302 g/mol. The third kappa shape index (κ3) is 3.17. The number of nitrogens with zero attached hydrogens (tertiary/aromatic N) is 3. The van der Waals surface area contributed by atoms with E-state index in [4.69, 9.17) is 4.74 Å². The third-order valence-corrected chi connectivity index (χ3v) is 6.97. The van der Waals surface area contributed by atoms with Crippen molar-refractivity contribution in [1.82, 2.24) is 14.7 Å². The van der Waals surface area contributed by atoms with Crippen molar-refractivity contribution < 1.29 is 9.53 Å². The molecule has 5 nitrogen and oxygen atoms in total. The lowest BCUT2D eigenvalue weighted by Gasteiger charge is -2.52. The highest BCUT2D eigenvalue weighted by atomic mass is 16.6. The first-order valence-electron chi connectivity index (χ1n) is 10.1. The van der Waals surface area contributed by atoms with Crippen molar-refractivity contribution in [3.63, 3.8) is 0 Å². The SMILES string of the molecule is CCOC(=O)N1CCC2(CC(N3CCC(N4CCCC4)CC3)C2)C1. The smallest absolute Gasteiger partial charge is 0.409 e. The van der Waals surface area contributed by atoms with E-state index in [2.05, 4.69) is 9.80 Å². The average Bonchev–Trinajstić information content (AvgIpc) is 3.24. The summed E-state index contributed by atoms with van der Waals surface area (Å²) in [6.45, 7) is 9.41. The second kappa shape index (κ2) is 6.83. The average molecular weight is 335 g/mol. The Kier molecular flexibility index (Phi) is 4.74. The molecule has 0 aromatic carbocycles. The fraction of sp³-hybridized carbons (Fsp3) is 0.947. The zero-order valence-electron chi connectivity index (χ0n) is 15.2. The maximum absolute atomic E-state index is 11.9. The van der Waals surface area contributed by atoms with Crippen LogP contribution in [0.25, 0.3) is 0 Å². The van der Waals surface area contributed by atoms with Crippen molar-refractivity contribution in [2.45, 2.75) is 64.0 Å². The maximum atomic E-state index is 11.9. The monoisotopic (exact) mass is 335 g/mol. The van der Waals surface area contributed by atoms with Crippen LogP contribution in [0.2, 0.25) is 0 Å². The molecule has 4 fully saturated rings. The first-order valence-corrected chi connectivity index (χ1v) is 10.1. The maximum Gasteiger partial charge on any atom is 0.409 e. The topological polar surface area (TPSA) is 36.0 Å². The molecule has 0 aromatic rings. The molecule has 3 saturated heterocycles. The van der Waals surface area contributed by atoms with Crippen LogP contribution in [0.5, 0.6) is 0 Å². The van der Waals surface area contributed by atoms with Gasteiger partial charge in [-0.25, -0.2) is 4.79 Å². The molecule has 0 atom stereocenters. The van der Waals surface area contributed by atoms with E-state index >= 15 is 0 Å². The molecule has 3 aliphatic heterocycles. The van der Waals surface area contributed by atoms with Crippen molar-refractivity contribution in [2.24, 2.45) is 5.41 Å². The molecule has 0 bridgehead atoms. The summed E-state index contributed by atoms with van der Waals surface area (Å²) in [5, 5.41) is 0. The van der Waals surface area contributed by atoms with Gasteiger partial charge in [0.1, 0.15) is 0 Å². The minimum Gasteiger partial charge on any atom is -0.450 e. The van der Waals surface area contributed by atoms with Crippen molar-refractivity contribution in [3.05, 3.63) is 0 Å². The second-order valence-corrected chi connectivity index (χ2v) is 8.44. The molecule has 1 amide bonds. The first-order chi connectivity index (χ1) is 11.7. The molecule has 0 aromatic heterocycles. The predicted octanol–water partition coefficient (Wildman–Crippen LogP) is 2.56. The highest BCUT2D eigenvalue weighted by molar-refractivity contribution is 5.68.